The van der Waals surface area contributed by atoms with E-state index in [1.807, 2.05) is 43.5 Å². The number of aryl methyl sites for hydroxylation is 1. The number of benzene rings is 2. The molecule has 0 radical (unpaired) electrons. The first-order valence-corrected chi connectivity index (χ1v) is 11.1. The van der Waals surface area contributed by atoms with E-state index in [9.17, 15) is 14.7 Å². The van der Waals surface area contributed by atoms with Crippen LogP contribution in [0.2, 0.25) is 0 Å². The Morgan fingerprint density at radius 3 is 2.48 bits per heavy atom. The predicted octanol–water partition coefficient (Wildman–Crippen LogP) is 5.34. The highest BCUT2D eigenvalue weighted by Crippen LogP contribution is 2.44. The van der Waals surface area contributed by atoms with Gasteiger partial charge >= 0.3 is 0 Å². The number of Topliss-reactive ketones (excluding diaryl/α,β-unsaturated/α-hetero) is 1. The highest BCUT2D eigenvalue weighted by molar-refractivity contribution is 7.10. The number of aliphatic hydroxyl groups is 1. The van der Waals surface area contributed by atoms with E-state index in [4.69, 9.17) is 4.74 Å². The summed E-state index contributed by atoms with van der Waals surface area (Å²) in [7, 11) is 0. The smallest absolute Gasteiger partial charge is 0.300 e. The monoisotopic (exact) mass is 433 g/mol. The van der Waals surface area contributed by atoms with Crippen molar-refractivity contribution >= 4 is 34.5 Å². The van der Waals surface area contributed by atoms with Gasteiger partial charge in [-0.2, -0.15) is 0 Å². The number of carbonyl (C=O) groups excluding carboxylic acids is 2. The van der Waals surface area contributed by atoms with Crippen molar-refractivity contribution in [2.24, 2.45) is 0 Å². The van der Waals surface area contributed by atoms with Crippen LogP contribution in [-0.2, 0) is 16.0 Å². The Kier molecular flexibility index (Phi) is 5.91. The summed E-state index contributed by atoms with van der Waals surface area (Å²) in [6.07, 6.45) is 0.872. The zero-order chi connectivity index (χ0) is 22.0. The SMILES string of the molecule is CCOc1cccc(N2C(=O)C(=O)/C(=C(\O)c3ccc(CC)cc3)C2c2cccs2)c1. The van der Waals surface area contributed by atoms with Crippen molar-refractivity contribution in [1.29, 1.82) is 0 Å². The predicted molar refractivity (Wildman–Crippen MR) is 123 cm³/mol. The lowest BCUT2D eigenvalue weighted by Gasteiger charge is -2.24. The number of amides is 1. The molecule has 1 aromatic heterocycles. The molecule has 3 aromatic rings. The second-order valence-electron chi connectivity index (χ2n) is 7.17. The maximum absolute atomic E-state index is 13.1. The van der Waals surface area contributed by atoms with Crippen LogP contribution >= 0.6 is 11.3 Å². The molecule has 1 unspecified atom stereocenters. The summed E-state index contributed by atoms with van der Waals surface area (Å²) in [5.41, 5.74) is 2.28. The van der Waals surface area contributed by atoms with Crippen LogP contribution in [0.15, 0.2) is 71.6 Å². The van der Waals surface area contributed by atoms with E-state index < -0.39 is 17.7 Å². The first kappa shape index (κ1) is 20.9. The van der Waals surface area contributed by atoms with Crippen LogP contribution in [0.5, 0.6) is 5.75 Å². The third kappa shape index (κ3) is 3.86. The largest absolute Gasteiger partial charge is 0.507 e. The normalized spacial score (nSPS) is 17.9. The first-order valence-electron chi connectivity index (χ1n) is 10.2. The van der Waals surface area contributed by atoms with E-state index in [2.05, 4.69) is 0 Å². The number of ketones is 1. The lowest BCUT2D eigenvalue weighted by molar-refractivity contribution is -0.132. The van der Waals surface area contributed by atoms with Gasteiger partial charge < -0.3 is 9.84 Å². The third-order valence-electron chi connectivity index (χ3n) is 5.30. The van der Waals surface area contributed by atoms with Crippen LogP contribution in [0.25, 0.3) is 5.76 Å². The van der Waals surface area contributed by atoms with Gasteiger partial charge in [-0.05, 0) is 42.5 Å². The molecule has 0 spiro atoms. The number of aliphatic hydroxyl groups excluding tert-OH is 1. The Balaban J connectivity index is 1.86. The Morgan fingerprint density at radius 1 is 1.06 bits per heavy atom. The van der Waals surface area contributed by atoms with Crippen molar-refractivity contribution < 1.29 is 19.4 Å². The average Bonchev–Trinajstić information content (AvgIpc) is 3.41. The van der Waals surface area contributed by atoms with Gasteiger partial charge in [-0.15, -0.1) is 11.3 Å². The van der Waals surface area contributed by atoms with Crippen LogP contribution in [-0.4, -0.2) is 23.4 Å². The molecule has 158 valence electrons. The summed E-state index contributed by atoms with van der Waals surface area (Å²) in [4.78, 5) is 28.5. The Hall–Kier alpha value is -3.38. The Labute approximate surface area is 185 Å². The van der Waals surface area contributed by atoms with Gasteiger partial charge in [-0.25, -0.2) is 0 Å². The summed E-state index contributed by atoms with van der Waals surface area (Å²) in [6.45, 7) is 4.42. The van der Waals surface area contributed by atoms with E-state index in [0.29, 0.717) is 23.6 Å². The fourth-order valence-electron chi connectivity index (χ4n) is 3.76. The number of hydrogen-bond donors (Lipinski definition) is 1. The number of thiophene rings is 1. The van der Waals surface area contributed by atoms with Gasteiger partial charge in [0, 0.05) is 22.2 Å². The van der Waals surface area contributed by atoms with E-state index in [0.717, 1.165) is 16.9 Å². The number of hydrogen-bond acceptors (Lipinski definition) is 5. The van der Waals surface area contributed by atoms with Gasteiger partial charge in [0.2, 0.25) is 0 Å². The fourth-order valence-corrected chi connectivity index (χ4v) is 4.58. The molecule has 5 nitrogen and oxygen atoms in total. The second-order valence-corrected chi connectivity index (χ2v) is 8.14. The minimum absolute atomic E-state index is 0.0958. The van der Waals surface area contributed by atoms with Crippen LogP contribution in [0.3, 0.4) is 0 Å². The molecule has 31 heavy (non-hydrogen) atoms. The second kappa shape index (κ2) is 8.78. The van der Waals surface area contributed by atoms with Crippen LogP contribution < -0.4 is 9.64 Å². The molecule has 6 heteroatoms. The summed E-state index contributed by atoms with van der Waals surface area (Å²) in [5.74, 6) is -0.916. The van der Waals surface area contributed by atoms with Crippen molar-refractivity contribution in [1.82, 2.24) is 0 Å². The van der Waals surface area contributed by atoms with E-state index in [1.54, 1.807) is 36.4 Å². The highest BCUT2D eigenvalue weighted by Gasteiger charge is 2.47. The van der Waals surface area contributed by atoms with Crippen molar-refractivity contribution in [3.63, 3.8) is 0 Å². The summed E-state index contributed by atoms with van der Waals surface area (Å²) in [5, 5.41) is 13.0. The lowest BCUT2D eigenvalue weighted by atomic mass is 9.99. The minimum Gasteiger partial charge on any atom is -0.507 e. The number of ether oxygens (including phenoxy) is 1. The van der Waals surface area contributed by atoms with Crippen molar-refractivity contribution in [2.75, 3.05) is 11.5 Å². The van der Waals surface area contributed by atoms with Crippen molar-refractivity contribution in [3.8, 4) is 5.75 Å². The fraction of sp³-hybridized carbons (Fsp3) is 0.200. The molecule has 1 N–H and O–H groups in total. The van der Waals surface area contributed by atoms with Gasteiger partial charge in [0.15, 0.2) is 0 Å². The van der Waals surface area contributed by atoms with E-state index in [-0.39, 0.29) is 11.3 Å². The first-order chi connectivity index (χ1) is 15.0. The molecule has 4 rings (SSSR count). The quantitative estimate of drug-likeness (QED) is 0.324. The summed E-state index contributed by atoms with van der Waals surface area (Å²) < 4.78 is 5.58. The summed E-state index contributed by atoms with van der Waals surface area (Å²) >= 11 is 1.44. The molecule has 1 aliphatic heterocycles. The van der Waals surface area contributed by atoms with E-state index >= 15 is 0 Å². The lowest BCUT2D eigenvalue weighted by Crippen LogP contribution is -2.29. The molecule has 1 amide bonds. The van der Waals surface area contributed by atoms with Gasteiger partial charge in [0.25, 0.3) is 11.7 Å². The van der Waals surface area contributed by atoms with Gasteiger partial charge in [0.05, 0.1) is 12.2 Å². The Morgan fingerprint density at radius 2 is 1.84 bits per heavy atom. The molecular weight excluding hydrogens is 410 g/mol. The highest BCUT2D eigenvalue weighted by atomic mass is 32.1. The molecule has 0 aliphatic carbocycles. The number of nitrogens with zero attached hydrogens (tertiary/aromatic N) is 1. The molecule has 0 bridgehead atoms. The van der Waals surface area contributed by atoms with E-state index in [1.165, 1.54) is 16.2 Å². The topological polar surface area (TPSA) is 66.8 Å². The average molecular weight is 434 g/mol. The maximum atomic E-state index is 13.1. The summed E-state index contributed by atoms with van der Waals surface area (Å²) in [6, 6.07) is 17.5. The molecule has 1 fully saturated rings. The molecule has 1 saturated heterocycles. The van der Waals surface area contributed by atoms with Gasteiger partial charge in [0.1, 0.15) is 17.6 Å². The zero-order valence-corrected chi connectivity index (χ0v) is 18.2. The van der Waals surface area contributed by atoms with Crippen molar-refractivity contribution in [3.05, 3.63) is 87.6 Å². The van der Waals surface area contributed by atoms with Crippen molar-refractivity contribution in [2.45, 2.75) is 26.3 Å². The molecule has 1 aliphatic rings. The molecule has 1 atom stereocenters. The molecular formula is C25H23NO4S. The molecule has 2 heterocycles. The molecule has 0 saturated carbocycles. The Bertz CT molecular complexity index is 1130. The van der Waals surface area contributed by atoms with Crippen LogP contribution in [0.4, 0.5) is 5.69 Å². The third-order valence-corrected chi connectivity index (χ3v) is 6.22. The molecule has 2 aromatic carbocycles. The number of rotatable bonds is 6. The standard InChI is InChI=1S/C25H23NO4S/c1-3-16-10-12-17(13-11-16)23(27)21-22(20-9-6-14-31-20)26(25(29)24(21)28)18-7-5-8-19(15-18)30-4-2/h5-15,22,27H,3-4H2,1-2H3/b23-21-. The number of carbonyl (C=O) groups is 2. The maximum Gasteiger partial charge on any atom is 0.300 e. The van der Waals surface area contributed by atoms with Crippen LogP contribution in [0.1, 0.15) is 35.9 Å². The van der Waals surface area contributed by atoms with Gasteiger partial charge in [-0.3, -0.25) is 14.5 Å². The van der Waals surface area contributed by atoms with Gasteiger partial charge in [-0.1, -0.05) is 43.3 Å². The zero-order valence-electron chi connectivity index (χ0n) is 17.4. The van der Waals surface area contributed by atoms with Crippen LogP contribution in [0, 0.1) is 0 Å². The number of anilines is 1. The minimum atomic E-state index is -0.706.